The molecule has 0 saturated carbocycles. The zero-order valence-corrected chi connectivity index (χ0v) is 15.3. The van der Waals surface area contributed by atoms with Gasteiger partial charge in [0.2, 0.25) is 0 Å². The minimum atomic E-state index is -0.0122. The van der Waals surface area contributed by atoms with Crippen LogP contribution in [-0.4, -0.2) is 31.1 Å². The topological polar surface area (TPSA) is 38.3 Å². The van der Waals surface area contributed by atoms with Gasteiger partial charge in [-0.05, 0) is 41.8 Å². The molecular formula is C19H21NO2S2. The Morgan fingerprint density at radius 1 is 1.08 bits per heavy atom. The van der Waals surface area contributed by atoms with Gasteiger partial charge < -0.3 is 10.1 Å². The van der Waals surface area contributed by atoms with Crippen molar-refractivity contribution in [1.29, 1.82) is 0 Å². The molecule has 2 aromatic rings. The van der Waals surface area contributed by atoms with E-state index in [1.165, 1.54) is 22.6 Å². The Bertz CT molecular complexity index is 665. The van der Waals surface area contributed by atoms with E-state index in [1.807, 2.05) is 59.9 Å². The molecule has 1 N–H and O–H groups in total. The molecule has 3 nitrogen and oxygen atoms in total. The van der Waals surface area contributed by atoms with Gasteiger partial charge in [-0.1, -0.05) is 24.3 Å². The van der Waals surface area contributed by atoms with E-state index in [9.17, 15) is 4.79 Å². The van der Waals surface area contributed by atoms with Crippen LogP contribution in [0.2, 0.25) is 0 Å². The van der Waals surface area contributed by atoms with Gasteiger partial charge in [-0.2, -0.15) is 0 Å². The summed E-state index contributed by atoms with van der Waals surface area (Å²) in [5.74, 6) is 3.26. The minimum absolute atomic E-state index is 0.0122. The van der Waals surface area contributed by atoms with Crippen LogP contribution in [0.3, 0.4) is 0 Å². The molecule has 5 heteroatoms. The second kappa shape index (κ2) is 8.49. The highest BCUT2D eigenvalue weighted by atomic mass is 32.2. The van der Waals surface area contributed by atoms with Crippen LogP contribution in [0.25, 0.3) is 0 Å². The highest BCUT2D eigenvalue weighted by Crippen LogP contribution is 2.45. The van der Waals surface area contributed by atoms with Crippen LogP contribution in [0.15, 0.2) is 48.5 Å². The van der Waals surface area contributed by atoms with Crippen LogP contribution in [0.1, 0.15) is 26.1 Å². The van der Waals surface area contributed by atoms with Crippen molar-refractivity contribution < 1.29 is 9.53 Å². The van der Waals surface area contributed by atoms with Gasteiger partial charge in [0.15, 0.2) is 0 Å². The van der Waals surface area contributed by atoms with E-state index < -0.39 is 0 Å². The third-order valence-electron chi connectivity index (χ3n) is 3.93. The molecule has 0 aromatic heterocycles. The number of amides is 1. The number of ether oxygens (including phenoxy) is 1. The highest BCUT2D eigenvalue weighted by molar-refractivity contribution is 8.19. The second-order valence-electron chi connectivity index (χ2n) is 5.55. The molecule has 1 saturated heterocycles. The second-order valence-corrected chi connectivity index (χ2v) is 8.27. The number of hydrogen-bond acceptors (Lipinski definition) is 4. The molecule has 0 radical (unpaired) electrons. The average Bonchev–Trinajstić information content (AvgIpc) is 3.17. The van der Waals surface area contributed by atoms with Crippen LogP contribution >= 0.6 is 23.5 Å². The molecule has 0 bridgehead atoms. The first-order valence-corrected chi connectivity index (χ1v) is 10.1. The predicted octanol–water partition coefficient (Wildman–Crippen LogP) is 4.15. The molecule has 1 heterocycles. The molecule has 1 amide bonds. The Morgan fingerprint density at radius 3 is 2.38 bits per heavy atom. The molecule has 0 spiro atoms. The molecule has 1 aliphatic rings. The average molecular weight is 360 g/mol. The first-order valence-electron chi connectivity index (χ1n) is 8.00. The van der Waals surface area contributed by atoms with Crippen molar-refractivity contribution in [2.24, 2.45) is 0 Å². The van der Waals surface area contributed by atoms with Gasteiger partial charge in [0.05, 0.1) is 11.7 Å². The maximum Gasteiger partial charge on any atom is 0.251 e. The smallest absolute Gasteiger partial charge is 0.251 e. The number of thioether (sulfide) groups is 2. The molecule has 1 aliphatic heterocycles. The summed E-state index contributed by atoms with van der Waals surface area (Å²) in [5, 5.41) is 2.98. The Balaban J connectivity index is 1.49. The lowest BCUT2D eigenvalue weighted by Gasteiger charge is -2.10. The van der Waals surface area contributed by atoms with E-state index >= 15 is 0 Å². The molecule has 0 unspecified atom stereocenters. The number of hydrogen-bond donors (Lipinski definition) is 1. The summed E-state index contributed by atoms with van der Waals surface area (Å²) in [6.45, 7) is 0.626. The Hall–Kier alpha value is -1.59. The standard InChI is InChI=1S/C19H21NO2S2/c1-22-17-8-2-14(3-9-17)10-11-20-18(21)15-4-6-16(7-5-15)19-23-12-13-24-19/h2-9,19H,10-13H2,1H3,(H,20,21). The third-order valence-corrected chi connectivity index (χ3v) is 7.03. The van der Waals surface area contributed by atoms with E-state index in [4.69, 9.17) is 4.74 Å². The van der Waals surface area contributed by atoms with Crippen LogP contribution in [0.4, 0.5) is 0 Å². The number of methoxy groups -OCH3 is 1. The molecule has 2 aromatic carbocycles. The van der Waals surface area contributed by atoms with Gasteiger partial charge in [-0.3, -0.25) is 4.79 Å². The van der Waals surface area contributed by atoms with E-state index in [-0.39, 0.29) is 5.91 Å². The van der Waals surface area contributed by atoms with E-state index in [0.29, 0.717) is 11.1 Å². The number of benzene rings is 2. The number of carbonyl (C=O) groups is 1. The summed E-state index contributed by atoms with van der Waals surface area (Å²) in [6.07, 6.45) is 0.809. The summed E-state index contributed by atoms with van der Waals surface area (Å²) in [4.78, 5) is 12.2. The fourth-order valence-electron chi connectivity index (χ4n) is 2.56. The Morgan fingerprint density at radius 2 is 1.75 bits per heavy atom. The predicted molar refractivity (Wildman–Crippen MR) is 103 cm³/mol. The molecule has 0 aliphatic carbocycles. The molecule has 0 atom stereocenters. The number of rotatable bonds is 6. The number of carbonyl (C=O) groups excluding carboxylic acids is 1. The first kappa shape index (κ1) is 17.2. The van der Waals surface area contributed by atoms with Crippen LogP contribution in [0, 0.1) is 0 Å². The fraction of sp³-hybridized carbons (Fsp3) is 0.316. The van der Waals surface area contributed by atoms with Crippen molar-refractivity contribution in [2.75, 3.05) is 25.2 Å². The summed E-state index contributed by atoms with van der Waals surface area (Å²) in [6, 6.07) is 15.9. The van der Waals surface area contributed by atoms with Crippen molar-refractivity contribution in [3.05, 3.63) is 65.2 Å². The van der Waals surface area contributed by atoms with E-state index in [2.05, 4.69) is 17.4 Å². The van der Waals surface area contributed by atoms with Crippen molar-refractivity contribution in [3.8, 4) is 5.75 Å². The normalized spacial score (nSPS) is 14.5. The molecule has 3 rings (SSSR count). The maximum atomic E-state index is 12.2. The fourth-order valence-corrected chi connectivity index (χ4v) is 5.42. The zero-order chi connectivity index (χ0) is 16.8. The Kier molecular flexibility index (Phi) is 6.10. The minimum Gasteiger partial charge on any atom is -0.497 e. The molecule has 1 fully saturated rings. The maximum absolute atomic E-state index is 12.2. The first-order chi connectivity index (χ1) is 11.8. The monoisotopic (exact) mass is 359 g/mol. The van der Waals surface area contributed by atoms with E-state index in [0.717, 1.165) is 17.7 Å². The van der Waals surface area contributed by atoms with Gasteiger partial charge in [0.1, 0.15) is 5.75 Å². The molecular weight excluding hydrogens is 338 g/mol. The van der Waals surface area contributed by atoms with Crippen LogP contribution < -0.4 is 10.1 Å². The SMILES string of the molecule is COc1ccc(CCNC(=O)c2ccc(C3SCCS3)cc2)cc1. The highest BCUT2D eigenvalue weighted by Gasteiger charge is 2.18. The lowest BCUT2D eigenvalue weighted by atomic mass is 10.1. The van der Waals surface area contributed by atoms with Crippen LogP contribution in [0.5, 0.6) is 5.75 Å². The van der Waals surface area contributed by atoms with Crippen molar-refractivity contribution >= 4 is 29.4 Å². The summed E-state index contributed by atoms with van der Waals surface area (Å²) in [5.41, 5.74) is 3.21. The summed E-state index contributed by atoms with van der Waals surface area (Å²) >= 11 is 3.95. The summed E-state index contributed by atoms with van der Waals surface area (Å²) < 4.78 is 5.67. The number of nitrogens with one attached hydrogen (secondary N) is 1. The Labute approximate surface area is 151 Å². The lowest BCUT2D eigenvalue weighted by Crippen LogP contribution is -2.25. The molecule has 24 heavy (non-hydrogen) atoms. The van der Waals surface area contributed by atoms with Crippen LogP contribution in [-0.2, 0) is 6.42 Å². The van der Waals surface area contributed by atoms with E-state index in [1.54, 1.807) is 7.11 Å². The van der Waals surface area contributed by atoms with Gasteiger partial charge in [-0.25, -0.2) is 0 Å². The van der Waals surface area contributed by atoms with Gasteiger partial charge in [0.25, 0.3) is 5.91 Å². The molecule has 126 valence electrons. The lowest BCUT2D eigenvalue weighted by molar-refractivity contribution is 0.0954. The summed E-state index contributed by atoms with van der Waals surface area (Å²) in [7, 11) is 1.66. The quantitative estimate of drug-likeness (QED) is 0.841. The van der Waals surface area contributed by atoms with Gasteiger partial charge in [0, 0.05) is 23.6 Å². The zero-order valence-electron chi connectivity index (χ0n) is 13.7. The van der Waals surface area contributed by atoms with Crippen molar-refractivity contribution in [1.82, 2.24) is 5.32 Å². The van der Waals surface area contributed by atoms with Gasteiger partial charge >= 0.3 is 0 Å². The van der Waals surface area contributed by atoms with Gasteiger partial charge in [-0.15, -0.1) is 23.5 Å². The largest absolute Gasteiger partial charge is 0.497 e. The van der Waals surface area contributed by atoms with Crippen molar-refractivity contribution in [2.45, 2.75) is 11.0 Å². The van der Waals surface area contributed by atoms with Crippen molar-refractivity contribution in [3.63, 3.8) is 0 Å². The third kappa shape index (κ3) is 4.48.